The number of esters is 1. The highest BCUT2D eigenvalue weighted by Crippen LogP contribution is 2.48. The highest BCUT2D eigenvalue weighted by molar-refractivity contribution is 5.93. The van der Waals surface area contributed by atoms with Gasteiger partial charge in [0, 0.05) is 11.6 Å². The zero-order chi connectivity index (χ0) is 18.0. The second-order valence-electron chi connectivity index (χ2n) is 5.70. The summed E-state index contributed by atoms with van der Waals surface area (Å²) in [7, 11) is 0. The largest absolute Gasteiger partial charge is 0.469 e. The molecule has 0 saturated heterocycles. The smallest absolute Gasteiger partial charge is 0.416 e. The van der Waals surface area contributed by atoms with E-state index >= 15 is 0 Å². The molecule has 1 heterocycles. The zero-order valence-electron chi connectivity index (χ0n) is 12.9. The van der Waals surface area contributed by atoms with Crippen LogP contribution >= 0.6 is 0 Å². The third-order valence-corrected chi connectivity index (χ3v) is 3.84. The van der Waals surface area contributed by atoms with Crippen molar-refractivity contribution in [2.75, 3.05) is 11.9 Å². The van der Waals surface area contributed by atoms with Crippen molar-refractivity contribution in [2.45, 2.75) is 18.5 Å². The summed E-state index contributed by atoms with van der Waals surface area (Å²) >= 11 is 0. The molecule has 1 aliphatic rings. The van der Waals surface area contributed by atoms with E-state index in [-0.39, 0.29) is 17.5 Å². The van der Waals surface area contributed by atoms with Gasteiger partial charge in [0.15, 0.2) is 6.61 Å². The Bertz CT molecular complexity index is 753. The van der Waals surface area contributed by atoms with E-state index in [4.69, 9.17) is 9.15 Å². The number of carbonyl (C=O) groups is 2. The Morgan fingerprint density at radius 2 is 1.92 bits per heavy atom. The van der Waals surface area contributed by atoms with Crippen LogP contribution in [0.4, 0.5) is 18.9 Å². The average molecular weight is 353 g/mol. The first-order chi connectivity index (χ1) is 11.8. The quantitative estimate of drug-likeness (QED) is 0.834. The summed E-state index contributed by atoms with van der Waals surface area (Å²) in [5, 5.41) is 2.37. The minimum atomic E-state index is -4.44. The molecule has 0 unspecified atom stereocenters. The fourth-order valence-electron chi connectivity index (χ4n) is 2.46. The van der Waals surface area contributed by atoms with E-state index < -0.39 is 30.2 Å². The van der Waals surface area contributed by atoms with Crippen LogP contribution in [0.15, 0.2) is 47.1 Å². The molecule has 0 aliphatic heterocycles. The molecule has 1 saturated carbocycles. The molecule has 1 aliphatic carbocycles. The second kappa shape index (κ2) is 6.62. The maximum atomic E-state index is 12.5. The number of furan rings is 1. The molecule has 2 aromatic rings. The molecule has 1 aromatic heterocycles. The number of ether oxygens (including phenoxy) is 1. The van der Waals surface area contributed by atoms with E-state index in [9.17, 15) is 22.8 Å². The van der Waals surface area contributed by atoms with Crippen LogP contribution in [0.25, 0.3) is 0 Å². The number of amides is 1. The minimum absolute atomic E-state index is 0.0273. The Morgan fingerprint density at radius 3 is 2.52 bits per heavy atom. The number of benzene rings is 1. The summed E-state index contributed by atoms with van der Waals surface area (Å²) in [6.07, 6.45) is -2.31. The zero-order valence-corrected chi connectivity index (χ0v) is 12.9. The lowest BCUT2D eigenvalue weighted by atomic mass is 10.2. The van der Waals surface area contributed by atoms with E-state index in [1.54, 1.807) is 12.1 Å². The number of nitrogens with one attached hydrogen (secondary N) is 1. The fourth-order valence-corrected chi connectivity index (χ4v) is 2.46. The van der Waals surface area contributed by atoms with Gasteiger partial charge in [-0.25, -0.2) is 0 Å². The molecule has 25 heavy (non-hydrogen) atoms. The number of anilines is 1. The lowest BCUT2D eigenvalue weighted by Crippen LogP contribution is -2.21. The first-order valence-corrected chi connectivity index (χ1v) is 7.52. The molecule has 1 aromatic carbocycles. The molecule has 5 nitrogen and oxygen atoms in total. The van der Waals surface area contributed by atoms with Crippen LogP contribution in [-0.2, 0) is 20.5 Å². The fraction of sp³-hybridized carbons (Fsp3) is 0.294. The van der Waals surface area contributed by atoms with Crippen LogP contribution in [0.2, 0.25) is 0 Å². The van der Waals surface area contributed by atoms with Crippen molar-refractivity contribution >= 4 is 17.6 Å². The Morgan fingerprint density at radius 1 is 1.20 bits per heavy atom. The van der Waals surface area contributed by atoms with E-state index in [1.165, 1.54) is 6.26 Å². The van der Waals surface area contributed by atoms with Crippen LogP contribution in [0, 0.1) is 5.92 Å². The number of alkyl halides is 3. The maximum Gasteiger partial charge on any atom is 0.416 e. The van der Waals surface area contributed by atoms with Gasteiger partial charge in [-0.1, -0.05) is 0 Å². The van der Waals surface area contributed by atoms with Gasteiger partial charge in [0.05, 0.1) is 17.7 Å². The van der Waals surface area contributed by atoms with Crippen molar-refractivity contribution in [1.29, 1.82) is 0 Å². The summed E-state index contributed by atoms with van der Waals surface area (Å²) in [5.74, 6) is -0.770. The Hall–Kier alpha value is -2.77. The molecule has 1 fully saturated rings. The molecule has 0 spiro atoms. The van der Waals surface area contributed by atoms with Crippen LogP contribution in [0.5, 0.6) is 0 Å². The lowest BCUT2D eigenvalue weighted by Gasteiger charge is -2.09. The van der Waals surface area contributed by atoms with Gasteiger partial charge in [-0.3, -0.25) is 9.59 Å². The maximum absolute atomic E-state index is 12.5. The molecule has 8 heteroatoms. The summed E-state index contributed by atoms with van der Waals surface area (Å²) in [6, 6.07) is 7.50. The Labute approximate surface area is 140 Å². The number of hydrogen-bond acceptors (Lipinski definition) is 4. The Kier molecular flexibility index (Phi) is 4.52. The van der Waals surface area contributed by atoms with Gasteiger partial charge in [0.2, 0.25) is 0 Å². The first kappa shape index (κ1) is 17.1. The molecule has 132 valence electrons. The van der Waals surface area contributed by atoms with Gasteiger partial charge in [-0.15, -0.1) is 0 Å². The van der Waals surface area contributed by atoms with Crippen LogP contribution in [-0.4, -0.2) is 18.5 Å². The normalized spacial score (nSPS) is 19.3. The number of rotatable bonds is 5. The lowest BCUT2D eigenvalue weighted by molar-refractivity contribution is -0.148. The van der Waals surface area contributed by atoms with Gasteiger partial charge in [-0.2, -0.15) is 13.2 Å². The molecule has 0 bridgehead atoms. The third kappa shape index (κ3) is 4.20. The van der Waals surface area contributed by atoms with Crippen LogP contribution in [0.3, 0.4) is 0 Å². The van der Waals surface area contributed by atoms with Crippen molar-refractivity contribution in [3.63, 3.8) is 0 Å². The minimum Gasteiger partial charge on any atom is -0.469 e. The van der Waals surface area contributed by atoms with Gasteiger partial charge in [-0.05, 0) is 42.8 Å². The van der Waals surface area contributed by atoms with Crippen molar-refractivity contribution < 1.29 is 31.9 Å². The molecule has 2 atom stereocenters. The average Bonchev–Trinajstić information content (AvgIpc) is 3.18. The van der Waals surface area contributed by atoms with Gasteiger partial charge < -0.3 is 14.5 Å². The predicted octanol–water partition coefficient (Wildman–Crippen LogP) is 3.58. The third-order valence-electron chi connectivity index (χ3n) is 3.84. The van der Waals surface area contributed by atoms with E-state index in [0.717, 1.165) is 24.3 Å². The molecule has 1 N–H and O–H groups in total. The molecule has 3 rings (SSSR count). The van der Waals surface area contributed by atoms with Gasteiger partial charge >= 0.3 is 12.1 Å². The van der Waals surface area contributed by atoms with Crippen molar-refractivity contribution in [2.24, 2.45) is 5.92 Å². The van der Waals surface area contributed by atoms with Crippen molar-refractivity contribution in [1.82, 2.24) is 0 Å². The number of halogens is 3. The summed E-state index contributed by atoms with van der Waals surface area (Å²) in [6.45, 7) is -0.499. The van der Waals surface area contributed by atoms with Crippen molar-refractivity contribution in [3.8, 4) is 0 Å². The van der Waals surface area contributed by atoms with Crippen molar-refractivity contribution in [3.05, 3.63) is 54.0 Å². The highest BCUT2D eigenvalue weighted by atomic mass is 19.4. The van der Waals surface area contributed by atoms with E-state index in [1.807, 2.05) is 0 Å². The molecule has 0 radical (unpaired) electrons. The van der Waals surface area contributed by atoms with Crippen LogP contribution < -0.4 is 5.32 Å². The summed E-state index contributed by atoms with van der Waals surface area (Å²) in [4.78, 5) is 23.6. The van der Waals surface area contributed by atoms with Gasteiger partial charge in [0.25, 0.3) is 5.91 Å². The monoisotopic (exact) mass is 353 g/mol. The topological polar surface area (TPSA) is 68.5 Å². The van der Waals surface area contributed by atoms with E-state index in [2.05, 4.69) is 5.32 Å². The number of hydrogen-bond donors (Lipinski definition) is 1. The standard InChI is InChI=1S/C17H14F3NO4/c18-17(19,20)10-3-5-11(6-4-10)21-15(22)9-25-16(23)13-8-12(13)14-2-1-7-24-14/h1-7,12-13H,8-9H2,(H,21,22)/t12-,13+/m0/s1. The Balaban J connectivity index is 1.45. The predicted molar refractivity (Wildman–Crippen MR) is 80.6 cm³/mol. The molecular formula is C17H14F3NO4. The van der Waals surface area contributed by atoms with Crippen LogP contribution in [0.1, 0.15) is 23.7 Å². The second-order valence-corrected chi connectivity index (χ2v) is 5.70. The summed E-state index contributed by atoms with van der Waals surface area (Å²) in [5.41, 5.74) is -0.622. The number of carbonyl (C=O) groups excluding carboxylic acids is 2. The van der Waals surface area contributed by atoms with E-state index in [0.29, 0.717) is 12.2 Å². The highest BCUT2D eigenvalue weighted by Gasteiger charge is 2.47. The first-order valence-electron chi connectivity index (χ1n) is 7.52. The SMILES string of the molecule is O=C(COC(=O)[C@@H]1C[C@@H]1c1ccco1)Nc1ccc(C(F)(F)F)cc1. The summed E-state index contributed by atoms with van der Waals surface area (Å²) < 4.78 is 47.5. The molecule has 1 amide bonds. The molecular weight excluding hydrogens is 339 g/mol. The van der Waals surface area contributed by atoms with Gasteiger partial charge in [0.1, 0.15) is 5.76 Å².